The summed E-state index contributed by atoms with van der Waals surface area (Å²) >= 11 is 0. The number of carbonyl (C=O) groups is 1. The van der Waals surface area contributed by atoms with E-state index in [1.165, 1.54) is 5.69 Å². The fourth-order valence-corrected chi connectivity index (χ4v) is 1.90. The Labute approximate surface area is 83.9 Å². The van der Waals surface area contributed by atoms with Gasteiger partial charge in [-0.15, -0.1) is 5.92 Å². The van der Waals surface area contributed by atoms with Crippen LogP contribution >= 0.6 is 0 Å². The zero-order valence-electron chi connectivity index (χ0n) is 8.34. The predicted molar refractivity (Wildman–Crippen MR) is 55.2 cm³/mol. The highest BCUT2D eigenvalue weighted by atomic mass is 16.1. The van der Waals surface area contributed by atoms with Crippen molar-refractivity contribution in [3.63, 3.8) is 0 Å². The van der Waals surface area contributed by atoms with Gasteiger partial charge in [-0.05, 0) is 25.8 Å². The molecule has 0 unspecified atom stereocenters. The minimum absolute atomic E-state index is 0.287. The lowest BCUT2D eigenvalue weighted by Crippen LogP contribution is -2.12. The second-order valence-corrected chi connectivity index (χ2v) is 3.51. The molecule has 14 heavy (non-hydrogen) atoms. The lowest BCUT2D eigenvalue weighted by atomic mass is 9.97. The topological polar surface area (TPSA) is 22.0 Å². The number of aromatic nitrogens is 1. The van der Waals surface area contributed by atoms with E-state index in [-0.39, 0.29) is 5.78 Å². The monoisotopic (exact) mass is 187 g/mol. The number of Topliss-reactive ketones (excluding diaryl/α,β-unsaturated/α-hetero) is 1. The van der Waals surface area contributed by atoms with Gasteiger partial charge in [0.25, 0.3) is 0 Å². The van der Waals surface area contributed by atoms with E-state index in [2.05, 4.69) is 16.4 Å². The first kappa shape index (κ1) is 9.08. The predicted octanol–water partition coefficient (Wildman–Crippen LogP) is 2.03. The van der Waals surface area contributed by atoms with Crippen LogP contribution in [0.4, 0.5) is 0 Å². The van der Waals surface area contributed by atoms with E-state index in [0.717, 1.165) is 18.4 Å². The molecule has 1 aromatic heterocycles. The maximum Gasteiger partial charge on any atom is 0.164 e. The molecule has 0 aliphatic heterocycles. The molecule has 2 rings (SSSR count). The quantitative estimate of drug-likeness (QED) is 0.616. The van der Waals surface area contributed by atoms with E-state index in [0.29, 0.717) is 13.0 Å². The molecule has 0 amide bonds. The van der Waals surface area contributed by atoms with Crippen molar-refractivity contribution in [2.75, 3.05) is 0 Å². The Morgan fingerprint density at radius 1 is 1.50 bits per heavy atom. The Kier molecular flexibility index (Phi) is 2.41. The second-order valence-electron chi connectivity index (χ2n) is 3.51. The van der Waals surface area contributed by atoms with Gasteiger partial charge in [0, 0.05) is 23.9 Å². The SMILES string of the molecule is CC#CCn1ccc2c1CCCC2=O. The van der Waals surface area contributed by atoms with Gasteiger partial charge in [-0.2, -0.15) is 0 Å². The van der Waals surface area contributed by atoms with Gasteiger partial charge in [0.1, 0.15) is 0 Å². The Bertz CT molecular complexity index is 417. The van der Waals surface area contributed by atoms with Crippen molar-refractivity contribution in [2.45, 2.75) is 32.7 Å². The van der Waals surface area contributed by atoms with Crippen LogP contribution < -0.4 is 0 Å². The third-order valence-corrected chi connectivity index (χ3v) is 2.62. The highest BCUT2D eigenvalue weighted by Crippen LogP contribution is 2.21. The summed E-state index contributed by atoms with van der Waals surface area (Å²) in [6.45, 7) is 2.54. The number of ketones is 1. The van der Waals surface area contributed by atoms with Crippen molar-refractivity contribution in [1.29, 1.82) is 0 Å². The van der Waals surface area contributed by atoms with Crippen LogP contribution in [0.2, 0.25) is 0 Å². The zero-order valence-corrected chi connectivity index (χ0v) is 8.34. The summed E-state index contributed by atoms with van der Waals surface area (Å²) in [6.07, 6.45) is 4.67. The van der Waals surface area contributed by atoms with Crippen LogP contribution in [0, 0.1) is 11.8 Å². The van der Waals surface area contributed by atoms with Crippen LogP contribution in [0.1, 0.15) is 35.8 Å². The lowest BCUT2D eigenvalue weighted by Gasteiger charge is -2.13. The summed E-state index contributed by atoms with van der Waals surface area (Å²) < 4.78 is 2.09. The van der Waals surface area contributed by atoms with Crippen LogP contribution in [-0.2, 0) is 13.0 Å². The largest absolute Gasteiger partial charge is 0.339 e. The number of hydrogen-bond donors (Lipinski definition) is 0. The number of hydrogen-bond acceptors (Lipinski definition) is 1. The van der Waals surface area contributed by atoms with Gasteiger partial charge in [0.15, 0.2) is 5.78 Å². The average Bonchev–Trinajstić information content (AvgIpc) is 2.60. The molecule has 1 heterocycles. The third-order valence-electron chi connectivity index (χ3n) is 2.62. The van der Waals surface area contributed by atoms with Crippen molar-refractivity contribution < 1.29 is 4.79 Å². The maximum absolute atomic E-state index is 11.5. The Morgan fingerprint density at radius 3 is 3.14 bits per heavy atom. The fourth-order valence-electron chi connectivity index (χ4n) is 1.90. The molecule has 0 radical (unpaired) electrons. The van der Waals surface area contributed by atoms with Crippen LogP contribution in [0.25, 0.3) is 0 Å². The molecule has 0 N–H and O–H groups in total. The van der Waals surface area contributed by atoms with Gasteiger partial charge in [-0.25, -0.2) is 0 Å². The first-order valence-corrected chi connectivity index (χ1v) is 4.93. The van der Waals surface area contributed by atoms with Gasteiger partial charge in [-0.1, -0.05) is 5.92 Å². The van der Waals surface area contributed by atoms with Crippen LogP contribution in [-0.4, -0.2) is 10.4 Å². The number of fused-ring (bicyclic) bond motifs is 1. The summed E-state index contributed by atoms with van der Waals surface area (Å²) in [5.74, 6) is 6.17. The van der Waals surface area contributed by atoms with E-state index in [1.807, 2.05) is 19.2 Å². The van der Waals surface area contributed by atoms with Crippen LogP contribution in [0.3, 0.4) is 0 Å². The summed E-state index contributed by atoms with van der Waals surface area (Å²) in [6, 6.07) is 1.92. The summed E-state index contributed by atoms with van der Waals surface area (Å²) in [5, 5.41) is 0. The summed E-state index contributed by atoms with van der Waals surface area (Å²) in [7, 11) is 0. The van der Waals surface area contributed by atoms with E-state index in [1.54, 1.807) is 0 Å². The molecule has 2 heteroatoms. The number of rotatable bonds is 1. The first-order valence-electron chi connectivity index (χ1n) is 4.93. The lowest BCUT2D eigenvalue weighted by molar-refractivity contribution is 0.0972. The minimum atomic E-state index is 0.287. The smallest absolute Gasteiger partial charge is 0.164 e. The molecule has 0 saturated heterocycles. The maximum atomic E-state index is 11.5. The van der Waals surface area contributed by atoms with Gasteiger partial charge in [0.2, 0.25) is 0 Å². The zero-order chi connectivity index (χ0) is 9.97. The van der Waals surface area contributed by atoms with Gasteiger partial charge in [0.05, 0.1) is 6.54 Å². The van der Waals surface area contributed by atoms with Crippen LogP contribution in [0.5, 0.6) is 0 Å². The molecule has 0 saturated carbocycles. The highest BCUT2D eigenvalue weighted by Gasteiger charge is 2.19. The second kappa shape index (κ2) is 3.71. The molecule has 0 fully saturated rings. The Hall–Kier alpha value is -1.49. The van der Waals surface area contributed by atoms with Gasteiger partial charge >= 0.3 is 0 Å². The molecule has 0 atom stereocenters. The van der Waals surface area contributed by atoms with Gasteiger partial charge in [-0.3, -0.25) is 4.79 Å². The molecular formula is C12H13NO. The number of carbonyl (C=O) groups excluding carboxylic acids is 1. The molecule has 1 aliphatic rings. The molecule has 0 spiro atoms. The third kappa shape index (κ3) is 1.46. The van der Waals surface area contributed by atoms with Crippen molar-refractivity contribution in [2.24, 2.45) is 0 Å². The van der Waals surface area contributed by atoms with Crippen molar-refractivity contribution >= 4 is 5.78 Å². The normalized spacial score (nSPS) is 14.5. The molecule has 72 valence electrons. The Balaban J connectivity index is 2.34. The summed E-state index contributed by atoms with van der Waals surface area (Å²) in [4.78, 5) is 11.5. The van der Waals surface area contributed by atoms with Crippen LogP contribution in [0.15, 0.2) is 12.3 Å². The average molecular weight is 187 g/mol. The molecule has 2 nitrogen and oxygen atoms in total. The van der Waals surface area contributed by atoms with Gasteiger partial charge < -0.3 is 4.57 Å². The number of nitrogens with zero attached hydrogens (tertiary/aromatic N) is 1. The molecular weight excluding hydrogens is 174 g/mol. The Morgan fingerprint density at radius 2 is 2.36 bits per heavy atom. The molecule has 0 bridgehead atoms. The van der Waals surface area contributed by atoms with Crippen molar-refractivity contribution in [1.82, 2.24) is 4.57 Å². The van der Waals surface area contributed by atoms with E-state index in [4.69, 9.17) is 0 Å². The first-order chi connectivity index (χ1) is 6.83. The van der Waals surface area contributed by atoms with E-state index >= 15 is 0 Å². The van der Waals surface area contributed by atoms with Crippen molar-refractivity contribution in [3.05, 3.63) is 23.5 Å². The minimum Gasteiger partial charge on any atom is -0.339 e. The standard InChI is InChI=1S/C12H13NO/c1-2-3-8-13-9-7-10-11(13)5-4-6-12(10)14/h7,9H,4-6,8H2,1H3. The highest BCUT2D eigenvalue weighted by molar-refractivity contribution is 5.98. The molecule has 0 aromatic carbocycles. The molecule has 1 aliphatic carbocycles. The van der Waals surface area contributed by atoms with E-state index in [9.17, 15) is 4.79 Å². The van der Waals surface area contributed by atoms with E-state index < -0.39 is 0 Å². The fraction of sp³-hybridized carbons (Fsp3) is 0.417. The van der Waals surface area contributed by atoms with Crippen molar-refractivity contribution in [3.8, 4) is 11.8 Å². The molecule has 1 aromatic rings. The summed E-state index contributed by atoms with van der Waals surface area (Å²) in [5.41, 5.74) is 2.08.